The summed E-state index contributed by atoms with van der Waals surface area (Å²) >= 11 is 0. The lowest BCUT2D eigenvalue weighted by Gasteiger charge is -2.46. The molecule has 0 amide bonds. The van der Waals surface area contributed by atoms with Crippen LogP contribution in [0, 0.1) is 5.92 Å². The minimum Gasteiger partial charge on any atom is -0.487 e. The molecule has 2 unspecified atom stereocenters. The Morgan fingerprint density at radius 3 is 2.81 bits per heavy atom. The number of rotatable bonds is 5. The fraction of sp³-hybridized carbons (Fsp3) is 0.591. The number of benzene rings is 1. The molecule has 1 aliphatic heterocycles. The lowest BCUT2D eigenvalue weighted by atomic mass is 9.68. The van der Waals surface area contributed by atoms with E-state index in [0.717, 1.165) is 42.6 Å². The second kappa shape index (κ2) is 7.64. The van der Waals surface area contributed by atoms with E-state index in [1.807, 2.05) is 12.1 Å². The van der Waals surface area contributed by atoms with Gasteiger partial charge in [0.15, 0.2) is 6.10 Å². The lowest BCUT2D eigenvalue weighted by molar-refractivity contribution is -0.145. The summed E-state index contributed by atoms with van der Waals surface area (Å²) in [6, 6.07) is 3.93. The first-order chi connectivity index (χ1) is 12.8. The number of ether oxygens (including phenoxy) is 2. The smallest absolute Gasteiger partial charge is 0.342 e. The van der Waals surface area contributed by atoms with Crippen molar-refractivity contribution in [2.24, 2.45) is 5.92 Å². The number of aryl methyl sites for hydroxylation is 1. The van der Waals surface area contributed by atoms with Gasteiger partial charge in [-0.05, 0) is 57.7 Å². The number of fused-ring (bicyclic) bond motifs is 3. The van der Waals surface area contributed by atoms with Gasteiger partial charge in [0.1, 0.15) is 17.1 Å². The fourth-order valence-corrected chi connectivity index (χ4v) is 4.33. The number of hydrogen-bond acceptors (Lipinski definition) is 5. The Labute approximate surface area is 161 Å². The molecule has 0 aromatic heterocycles. The Balaban J connectivity index is 2.12. The van der Waals surface area contributed by atoms with Crippen LogP contribution >= 0.6 is 0 Å². The maximum absolute atomic E-state index is 12.2. The molecular weight excluding hydrogens is 344 g/mol. The molecule has 3 atom stereocenters. The Hall–Kier alpha value is -1.85. The second-order valence-corrected chi connectivity index (χ2v) is 8.26. The van der Waals surface area contributed by atoms with Crippen molar-refractivity contribution in [3.63, 3.8) is 0 Å². The monoisotopic (exact) mass is 374 g/mol. The number of aliphatic hydroxyl groups excluding tert-OH is 2. The van der Waals surface area contributed by atoms with Gasteiger partial charge in [0.2, 0.25) is 0 Å². The highest BCUT2D eigenvalue weighted by Gasteiger charge is 2.45. The van der Waals surface area contributed by atoms with Crippen molar-refractivity contribution in [2.75, 3.05) is 6.61 Å². The highest BCUT2D eigenvalue weighted by Crippen LogP contribution is 2.53. The van der Waals surface area contributed by atoms with Gasteiger partial charge in [-0.25, -0.2) is 4.79 Å². The van der Waals surface area contributed by atoms with Crippen molar-refractivity contribution >= 4 is 5.97 Å². The molecule has 27 heavy (non-hydrogen) atoms. The highest BCUT2D eigenvalue weighted by molar-refractivity contribution is 5.78. The summed E-state index contributed by atoms with van der Waals surface area (Å²) in [5, 5.41) is 18.7. The van der Waals surface area contributed by atoms with Gasteiger partial charge in [-0.1, -0.05) is 25.0 Å². The maximum Gasteiger partial charge on any atom is 0.342 e. The molecule has 5 nitrogen and oxygen atoms in total. The molecule has 3 rings (SSSR count). The summed E-state index contributed by atoms with van der Waals surface area (Å²) < 4.78 is 11.9. The Kier molecular flexibility index (Phi) is 5.63. The molecule has 1 heterocycles. The largest absolute Gasteiger partial charge is 0.487 e. The van der Waals surface area contributed by atoms with Gasteiger partial charge in [0.25, 0.3) is 0 Å². The van der Waals surface area contributed by atoms with E-state index in [1.54, 1.807) is 0 Å². The van der Waals surface area contributed by atoms with Crippen molar-refractivity contribution in [2.45, 2.75) is 71.0 Å². The van der Waals surface area contributed by atoms with E-state index in [9.17, 15) is 9.90 Å². The van der Waals surface area contributed by atoms with Gasteiger partial charge in [-0.2, -0.15) is 0 Å². The zero-order chi connectivity index (χ0) is 19.8. The fourth-order valence-electron chi connectivity index (χ4n) is 4.33. The molecule has 148 valence electrons. The molecule has 1 aliphatic carbocycles. The van der Waals surface area contributed by atoms with Crippen LogP contribution in [0.4, 0.5) is 0 Å². The van der Waals surface area contributed by atoms with Crippen LogP contribution in [-0.2, 0) is 11.2 Å². The third kappa shape index (κ3) is 3.90. The van der Waals surface area contributed by atoms with Crippen LogP contribution in [-0.4, -0.2) is 34.5 Å². The van der Waals surface area contributed by atoms with Crippen molar-refractivity contribution in [3.05, 3.63) is 34.9 Å². The van der Waals surface area contributed by atoms with E-state index < -0.39 is 18.7 Å². The number of esters is 1. The average molecular weight is 374 g/mol. The van der Waals surface area contributed by atoms with E-state index in [1.165, 1.54) is 5.57 Å². The van der Waals surface area contributed by atoms with E-state index in [-0.39, 0.29) is 17.4 Å². The standard InChI is InChI=1S/C22H30O5/c1-5-6-14-10-18(26-21(25)17(24)12-23)20-15-9-13(2)7-8-16(15)22(3,4)27-19(20)11-14/h9-11,15-17,23-24H,5-8,12H2,1-4H3/t15?,16?,17-/m0/s1. The predicted molar refractivity (Wildman–Crippen MR) is 103 cm³/mol. The number of hydrogen-bond donors (Lipinski definition) is 2. The Bertz CT molecular complexity index is 749. The molecular formula is C22H30O5. The third-order valence-electron chi connectivity index (χ3n) is 5.70. The van der Waals surface area contributed by atoms with Crippen LogP contribution in [0.2, 0.25) is 0 Å². The highest BCUT2D eigenvalue weighted by atomic mass is 16.6. The number of carbonyl (C=O) groups excluding carboxylic acids is 1. The summed E-state index contributed by atoms with van der Waals surface area (Å²) in [5.41, 5.74) is 2.91. The van der Waals surface area contributed by atoms with Crippen molar-refractivity contribution < 1.29 is 24.5 Å². The molecule has 0 bridgehead atoms. The van der Waals surface area contributed by atoms with Gasteiger partial charge in [-0.3, -0.25) is 0 Å². The molecule has 1 aromatic rings. The quantitative estimate of drug-likeness (QED) is 0.469. The van der Waals surface area contributed by atoms with Gasteiger partial charge in [0.05, 0.1) is 6.61 Å². The molecule has 0 radical (unpaired) electrons. The second-order valence-electron chi connectivity index (χ2n) is 8.26. The predicted octanol–water partition coefficient (Wildman–Crippen LogP) is 3.51. The van der Waals surface area contributed by atoms with Gasteiger partial charge in [0, 0.05) is 17.4 Å². The zero-order valence-corrected chi connectivity index (χ0v) is 16.6. The summed E-state index contributed by atoms with van der Waals surface area (Å²) in [6.07, 6.45) is 4.57. The number of aliphatic hydroxyl groups is 2. The van der Waals surface area contributed by atoms with Gasteiger partial charge >= 0.3 is 5.97 Å². The maximum atomic E-state index is 12.2. The lowest BCUT2D eigenvalue weighted by Crippen LogP contribution is -2.45. The average Bonchev–Trinajstić information content (AvgIpc) is 2.60. The minimum absolute atomic E-state index is 0.0993. The summed E-state index contributed by atoms with van der Waals surface area (Å²) in [6.45, 7) is 7.80. The third-order valence-corrected chi connectivity index (χ3v) is 5.70. The van der Waals surface area contributed by atoms with Crippen LogP contribution in [0.15, 0.2) is 23.8 Å². The molecule has 2 N–H and O–H groups in total. The van der Waals surface area contributed by atoms with E-state index in [0.29, 0.717) is 5.75 Å². The molecule has 0 saturated carbocycles. The summed E-state index contributed by atoms with van der Waals surface area (Å²) in [7, 11) is 0. The van der Waals surface area contributed by atoms with Crippen LogP contribution in [0.1, 0.15) is 64.0 Å². The van der Waals surface area contributed by atoms with Gasteiger partial charge in [-0.15, -0.1) is 0 Å². The Morgan fingerprint density at radius 2 is 2.15 bits per heavy atom. The van der Waals surface area contributed by atoms with Crippen molar-refractivity contribution in [1.82, 2.24) is 0 Å². The molecule has 0 saturated heterocycles. The topological polar surface area (TPSA) is 76.0 Å². The first-order valence-electron chi connectivity index (χ1n) is 9.80. The minimum atomic E-state index is -1.55. The molecule has 2 aliphatic rings. The van der Waals surface area contributed by atoms with E-state index in [4.69, 9.17) is 14.6 Å². The summed E-state index contributed by atoms with van der Waals surface area (Å²) in [5.74, 6) is 0.726. The number of carbonyl (C=O) groups is 1. The normalized spacial score (nSPS) is 24.1. The van der Waals surface area contributed by atoms with Crippen LogP contribution < -0.4 is 9.47 Å². The molecule has 0 spiro atoms. The van der Waals surface area contributed by atoms with Crippen molar-refractivity contribution in [3.8, 4) is 11.5 Å². The van der Waals surface area contributed by atoms with Crippen LogP contribution in [0.5, 0.6) is 11.5 Å². The first kappa shape index (κ1) is 19.9. The van der Waals surface area contributed by atoms with Crippen LogP contribution in [0.3, 0.4) is 0 Å². The molecule has 0 fully saturated rings. The van der Waals surface area contributed by atoms with Gasteiger partial charge < -0.3 is 19.7 Å². The van der Waals surface area contributed by atoms with Crippen LogP contribution in [0.25, 0.3) is 0 Å². The molecule has 5 heteroatoms. The Morgan fingerprint density at radius 1 is 1.41 bits per heavy atom. The summed E-state index contributed by atoms with van der Waals surface area (Å²) in [4.78, 5) is 12.2. The SMILES string of the molecule is CCCc1cc(OC(=O)[C@@H](O)CO)c2c(c1)OC(C)(C)C1CCC(C)=CC21. The first-order valence-corrected chi connectivity index (χ1v) is 9.80. The van der Waals surface area contributed by atoms with Crippen molar-refractivity contribution in [1.29, 1.82) is 0 Å². The van der Waals surface area contributed by atoms with E-state index in [2.05, 4.69) is 33.8 Å². The van der Waals surface area contributed by atoms with E-state index >= 15 is 0 Å². The number of allylic oxidation sites excluding steroid dienone is 2. The molecule has 1 aromatic carbocycles. The zero-order valence-electron chi connectivity index (χ0n) is 16.6.